The summed E-state index contributed by atoms with van der Waals surface area (Å²) >= 11 is 1.13. The van der Waals surface area contributed by atoms with E-state index in [0.717, 1.165) is 11.8 Å². The number of carbonyl (C=O) groups excluding carboxylic acids is 2. The van der Waals surface area contributed by atoms with Crippen molar-refractivity contribution in [1.82, 2.24) is 5.32 Å². The van der Waals surface area contributed by atoms with Gasteiger partial charge in [0.1, 0.15) is 11.8 Å². The van der Waals surface area contributed by atoms with E-state index in [1.54, 1.807) is 0 Å². The molecule has 0 bridgehead atoms. The fraction of sp³-hybridized carbons (Fsp3) is 0.636. The monoisotopic (exact) mass is 291 g/mol. The third-order valence-electron chi connectivity index (χ3n) is 2.28. The Kier molecular flexibility index (Phi) is 7.81. The number of ketones is 1. The number of aliphatic carboxylic acids is 2. The second kappa shape index (κ2) is 8.52. The summed E-state index contributed by atoms with van der Waals surface area (Å²) in [4.78, 5) is 43.4. The quantitative estimate of drug-likeness (QED) is 0.546. The molecule has 19 heavy (non-hydrogen) atoms. The van der Waals surface area contributed by atoms with E-state index in [1.807, 2.05) is 0 Å². The van der Waals surface area contributed by atoms with Crippen LogP contribution in [-0.2, 0) is 19.2 Å². The van der Waals surface area contributed by atoms with Crippen LogP contribution >= 0.6 is 11.8 Å². The normalized spacial score (nSPS) is 13.4. The molecule has 0 heterocycles. The highest BCUT2D eigenvalue weighted by Gasteiger charge is 2.22. The highest BCUT2D eigenvalue weighted by Crippen LogP contribution is 2.15. The molecular weight excluding hydrogens is 274 g/mol. The minimum Gasteiger partial charge on any atom is -0.481 e. The maximum atomic E-state index is 11.2. The molecule has 0 aliphatic heterocycles. The van der Waals surface area contributed by atoms with E-state index in [4.69, 9.17) is 10.2 Å². The topological polar surface area (TPSA) is 121 Å². The second-order valence-electron chi connectivity index (χ2n) is 4.03. The van der Waals surface area contributed by atoms with Crippen LogP contribution in [0.5, 0.6) is 0 Å². The van der Waals surface area contributed by atoms with Crippen LogP contribution in [-0.4, -0.2) is 51.4 Å². The van der Waals surface area contributed by atoms with Crippen LogP contribution in [0.3, 0.4) is 0 Å². The van der Waals surface area contributed by atoms with Crippen LogP contribution < -0.4 is 5.32 Å². The van der Waals surface area contributed by atoms with Gasteiger partial charge in [0.15, 0.2) is 0 Å². The van der Waals surface area contributed by atoms with Crippen molar-refractivity contribution in [2.75, 3.05) is 11.5 Å². The van der Waals surface area contributed by atoms with Crippen LogP contribution in [0.2, 0.25) is 0 Å². The Labute approximate surface area is 114 Å². The zero-order valence-electron chi connectivity index (χ0n) is 10.7. The standard InChI is InChI=1S/C11H17NO6S/c1-6(13)8(3-10(15)16)4-19-5-9(11(17)18)12-7(2)14/h8-9H,3-5H2,1-2H3,(H,12,14)(H,15,16)(H,17,18)/t8?,9-/m1/s1. The lowest BCUT2D eigenvalue weighted by atomic mass is 10.0. The Morgan fingerprint density at radius 1 is 1.11 bits per heavy atom. The molecule has 108 valence electrons. The van der Waals surface area contributed by atoms with Crippen molar-refractivity contribution in [3.05, 3.63) is 0 Å². The van der Waals surface area contributed by atoms with Gasteiger partial charge in [-0.25, -0.2) is 4.79 Å². The van der Waals surface area contributed by atoms with Crippen molar-refractivity contribution in [3.8, 4) is 0 Å². The van der Waals surface area contributed by atoms with Gasteiger partial charge in [0.25, 0.3) is 0 Å². The number of hydrogen-bond donors (Lipinski definition) is 3. The SMILES string of the molecule is CC(=O)N[C@H](CSCC(CC(=O)O)C(C)=O)C(=O)O. The molecule has 0 saturated heterocycles. The summed E-state index contributed by atoms with van der Waals surface area (Å²) in [5.41, 5.74) is 0. The predicted octanol–water partition coefficient (Wildman–Crippen LogP) is -0.0112. The molecule has 0 fully saturated rings. The number of thioether (sulfide) groups is 1. The lowest BCUT2D eigenvalue weighted by Gasteiger charge is -2.15. The summed E-state index contributed by atoms with van der Waals surface area (Å²) in [7, 11) is 0. The van der Waals surface area contributed by atoms with E-state index >= 15 is 0 Å². The van der Waals surface area contributed by atoms with Gasteiger partial charge in [0.05, 0.1) is 6.42 Å². The van der Waals surface area contributed by atoms with Gasteiger partial charge in [-0.3, -0.25) is 14.4 Å². The van der Waals surface area contributed by atoms with Crippen LogP contribution in [0, 0.1) is 5.92 Å². The number of carbonyl (C=O) groups is 4. The van der Waals surface area contributed by atoms with Gasteiger partial charge in [-0.2, -0.15) is 11.8 Å². The highest BCUT2D eigenvalue weighted by molar-refractivity contribution is 7.99. The molecule has 0 aliphatic rings. The van der Waals surface area contributed by atoms with E-state index in [2.05, 4.69) is 5.32 Å². The van der Waals surface area contributed by atoms with Crippen molar-refractivity contribution in [3.63, 3.8) is 0 Å². The zero-order chi connectivity index (χ0) is 15.0. The number of carboxylic acids is 2. The number of Topliss-reactive ketones (excluding diaryl/α,β-unsaturated/α-hetero) is 1. The third kappa shape index (κ3) is 8.20. The minimum atomic E-state index is -1.17. The van der Waals surface area contributed by atoms with Crippen LogP contribution in [0.25, 0.3) is 0 Å². The van der Waals surface area contributed by atoms with Gasteiger partial charge in [-0.1, -0.05) is 0 Å². The average molecular weight is 291 g/mol. The van der Waals surface area contributed by atoms with Gasteiger partial charge in [0, 0.05) is 24.3 Å². The Morgan fingerprint density at radius 3 is 2.05 bits per heavy atom. The number of rotatable bonds is 9. The first-order valence-corrected chi connectivity index (χ1v) is 6.69. The lowest BCUT2D eigenvalue weighted by molar-refractivity contribution is -0.141. The van der Waals surface area contributed by atoms with Crippen molar-refractivity contribution in [2.45, 2.75) is 26.3 Å². The van der Waals surface area contributed by atoms with E-state index < -0.39 is 29.8 Å². The molecule has 1 unspecified atom stereocenters. The molecule has 0 radical (unpaired) electrons. The maximum absolute atomic E-state index is 11.2. The molecule has 0 aromatic heterocycles. The number of hydrogen-bond acceptors (Lipinski definition) is 5. The minimum absolute atomic E-state index is 0.0817. The van der Waals surface area contributed by atoms with Gasteiger partial charge in [-0.05, 0) is 6.92 Å². The molecule has 0 aromatic carbocycles. The molecule has 0 saturated carbocycles. The van der Waals surface area contributed by atoms with Crippen molar-refractivity contribution < 1.29 is 29.4 Å². The fourth-order valence-corrected chi connectivity index (χ4v) is 2.51. The second-order valence-corrected chi connectivity index (χ2v) is 5.11. The Morgan fingerprint density at radius 2 is 1.68 bits per heavy atom. The lowest BCUT2D eigenvalue weighted by Crippen LogP contribution is -2.41. The summed E-state index contributed by atoms with van der Waals surface area (Å²) in [6.45, 7) is 2.51. The molecule has 0 rings (SSSR count). The Bertz CT molecular complexity index is 336. The highest BCUT2D eigenvalue weighted by atomic mass is 32.2. The van der Waals surface area contributed by atoms with E-state index in [0.29, 0.717) is 0 Å². The molecule has 0 spiro atoms. The van der Waals surface area contributed by atoms with Crippen molar-refractivity contribution >= 4 is 35.4 Å². The van der Waals surface area contributed by atoms with Crippen LogP contribution in [0.1, 0.15) is 20.3 Å². The van der Waals surface area contributed by atoms with Crippen molar-refractivity contribution in [2.24, 2.45) is 5.92 Å². The molecule has 0 aliphatic carbocycles. The van der Waals surface area contributed by atoms with Crippen LogP contribution in [0.4, 0.5) is 0 Å². The van der Waals surface area contributed by atoms with Gasteiger partial charge < -0.3 is 15.5 Å². The first-order valence-electron chi connectivity index (χ1n) is 5.54. The summed E-state index contributed by atoms with van der Waals surface area (Å²) in [5, 5.41) is 19.8. The Balaban J connectivity index is 4.28. The maximum Gasteiger partial charge on any atom is 0.327 e. The van der Waals surface area contributed by atoms with Crippen LogP contribution in [0.15, 0.2) is 0 Å². The summed E-state index contributed by atoms with van der Waals surface area (Å²) in [5.74, 6) is -3.29. The molecular formula is C11H17NO6S. The molecule has 8 heteroatoms. The summed E-state index contributed by atoms with van der Waals surface area (Å²) < 4.78 is 0. The first kappa shape index (κ1) is 17.4. The predicted molar refractivity (Wildman–Crippen MR) is 69.0 cm³/mol. The zero-order valence-corrected chi connectivity index (χ0v) is 11.5. The number of amides is 1. The molecule has 1 amide bonds. The molecule has 3 N–H and O–H groups in total. The third-order valence-corrected chi connectivity index (χ3v) is 3.48. The average Bonchev–Trinajstić information content (AvgIpc) is 2.24. The fourth-order valence-electron chi connectivity index (χ4n) is 1.28. The first-order chi connectivity index (χ1) is 8.73. The van der Waals surface area contributed by atoms with E-state index in [1.165, 1.54) is 13.8 Å². The molecule has 7 nitrogen and oxygen atoms in total. The number of carboxylic acid groups (broad SMARTS) is 2. The summed E-state index contributed by atoms with van der Waals surface area (Å²) in [6.07, 6.45) is -0.278. The van der Waals surface area contributed by atoms with Gasteiger partial charge in [-0.15, -0.1) is 0 Å². The molecule has 0 aromatic rings. The van der Waals surface area contributed by atoms with Gasteiger partial charge >= 0.3 is 11.9 Å². The van der Waals surface area contributed by atoms with E-state index in [-0.39, 0.29) is 23.7 Å². The summed E-state index contributed by atoms with van der Waals surface area (Å²) in [6, 6.07) is -1.04. The van der Waals surface area contributed by atoms with Gasteiger partial charge in [0.2, 0.25) is 5.91 Å². The van der Waals surface area contributed by atoms with E-state index in [9.17, 15) is 19.2 Å². The largest absolute Gasteiger partial charge is 0.481 e. The number of nitrogens with one attached hydrogen (secondary N) is 1. The Hall–Kier alpha value is -1.57. The van der Waals surface area contributed by atoms with Crippen molar-refractivity contribution in [1.29, 1.82) is 0 Å². The smallest absolute Gasteiger partial charge is 0.327 e. The molecule has 2 atom stereocenters.